The maximum atomic E-state index is 13.6. The Labute approximate surface area is 161 Å². The Morgan fingerprint density at radius 3 is 2.54 bits per heavy atom. The fourth-order valence-electron chi connectivity index (χ4n) is 3.15. The molecular weight excluding hydrogens is 365 g/mol. The van der Waals surface area contributed by atoms with Crippen LogP contribution < -0.4 is 0 Å². The van der Waals surface area contributed by atoms with Crippen LogP contribution in [0.15, 0.2) is 42.5 Å². The van der Waals surface area contributed by atoms with Crippen LogP contribution in [-0.2, 0) is 32.0 Å². The van der Waals surface area contributed by atoms with Gasteiger partial charge in [-0.1, -0.05) is 30.3 Å². The third kappa shape index (κ3) is 4.03. The summed E-state index contributed by atoms with van der Waals surface area (Å²) in [6, 6.07) is 10.7. The number of halogens is 1. The van der Waals surface area contributed by atoms with E-state index in [4.69, 9.17) is 9.47 Å². The van der Waals surface area contributed by atoms with Gasteiger partial charge in [0.1, 0.15) is 11.9 Å². The van der Waals surface area contributed by atoms with Crippen LogP contribution in [0.1, 0.15) is 27.0 Å². The van der Waals surface area contributed by atoms with Gasteiger partial charge in [0.2, 0.25) is 0 Å². The average Bonchev–Trinajstić information content (AvgIpc) is 2.72. The first-order chi connectivity index (χ1) is 13.4. The van der Waals surface area contributed by atoms with Crippen molar-refractivity contribution in [2.45, 2.75) is 25.9 Å². The molecule has 1 aliphatic heterocycles. The molecule has 1 amide bonds. The lowest BCUT2D eigenvalue weighted by molar-refractivity contribution is -0.155. The summed E-state index contributed by atoms with van der Waals surface area (Å²) < 4.78 is 23.5. The molecule has 0 aromatic heterocycles. The average molecular weight is 385 g/mol. The predicted molar refractivity (Wildman–Crippen MR) is 97.9 cm³/mol. The van der Waals surface area contributed by atoms with Crippen molar-refractivity contribution in [2.24, 2.45) is 0 Å². The van der Waals surface area contributed by atoms with Gasteiger partial charge >= 0.3 is 11.9 Å². The molecule has 0 saturated heterocycles. The van der Waals surface area contributed by atoms with Crippen molar-refractivity contribution in [1.82, 2.24) is 4.90 Å². The van der Waals surface area contributed by atoms with E-state index in [2.05, 4.69) is 0 Å². The largest absolute Gasteiger partial charge is 0.467 e. The van der Waals surface area contributed by atoms with Crippen LogP contribution >= 0.6 is 0 Å². The number of carbonyl (C=O) groups is 3. The highest BCUT2D eigenvalue weighted by molar-refractivity contribution is 5.92. The Morgan fingerprint density at radius 1 is 1.14 bits per heavy atom. The molecule has 2 aromatic carbocycles. The maximum absolute atomic E-state index is 13.6. The second kappa shape index (κ2) is 8.21. The zero-order valence-corrected chi connectivity index (χ0v) is 15.6. The molecule has 0 aliphatic carbocycles. The third-order valence-electron chi connectivity index (χ3n) is 4.78. The fraction of sp³-hybridized carbons (Fsp3) is 0.286. The van der Waals surface area contributed by atoms with E-state index < -0.39 is 36.3 Å². The normalized spacial score (nSPS) is 15.5. The molecule has 0 bridgehead atoms. The maximum Gasteiger partial charge on any atom is 0.338 e. The number of hydrogen-bond acceptors (Lipinski definition) is 5. The number of amides is 1. The summed E-state index contributed by atoms with van der Waals surface area (Å²) in [5, 5.41) is 0. The van der Waals surface area contributed by atoms with Gasteiger partial charge in [-0.15, -0.1) is 0 Å². The first-order valence-electron chi connectivity index (χ1n) is 8.78. The number of methoxy groups -OCH3 is 1. The highest BCUT2D eigenvalue weighted by atomic mass is 19.1. The number of ether oxygens (including phenoxy) is 2. The minimum atomic E-state index is -0.806. The van der Waals surface area contributed by atoms with Gasteiger partial charge in [-0.25, -0.2) is 14.0 Å². The van der Waals surface area contributed by atoms with Gasteiger partial charge in [-0.3, -0.25) is 4.79 Å². The topological polar surface area (TPSA) is 72.9 Å². The molecule has 1 atom stereocenters. The second-order valence-electron chi connectivity index (χ2n) is 6.57. The first kappa shape index (κ1) is 19.5. The van der Waals surface area contributed by atoms with E-state index in [1.165, 1.54) is 24.1 Å². The predicted octanol–water partition coefficient (Wildman–Crippen LogP) is 2.42. The molecule has 2 aromatic rings. The Balaban J connectivity index is 1.71. The minimum Gasteiger partial charge on any atom is -0.467 e. The van der Waals surface area contributed by atoms with Crippen molar-refractivity contribution in [2.75, 3.05) is 13.7 Å². The van der Waals surface area contributed by atoms with Crippen molar-refractivity contribution in [3.05, 3.63) is 70.5 Å². The summed E-state index contributed by atoms with van der Waals surface area (Å²) >= 11 is 0. The van der Waals surface area contributed by atoms with Crippen LogP contribution in [-0.4, -0.2) is 42.5 Å². The van der Waals surface area contributed by atoms with Gasteiger partial charge in [-0.2, -0.15) is 0 Å². The smallest absolute Gasteiger partial charge is 0.338 e. The number of fused-ring (bicyclic) bond motifs is 1. The summed E-state index contributed by atoms with van der Waals surface area (Å²) in [5.41, 5.74) is 2.31. The molecular formula is C21H20FNO5. The van der Waals surface area contributed by atoms with Crippen LogP contribution in [0.3, 0.4) is 0 Å². The molecule has 0 N–H and O–H groups in total. The Kier molecular flexibility index (Phi) is 5.73. The van der Waals surface area contributed by atoms with Crippen molar-refractivity contribution in [3.8, 4) is 0 Å². The lowest BCUT2D eigenvalue weighted by Gasteiger charge is -2.35. The lowest BCUT2D eigenvalue weighted by atomic mass is 9.94. The molecule has 0 unspecified atom stereocenters. The van der Waals surface area contributed by atoms with Crippen LogP contribution in [0.5, 0.6) is 0 Å². The highest BCUT2D eigenvalue weighted by Gasteiger charge is 2.35. The zero-order chi connectivity index (χ0) is 20.3. The number of carbonyl (C=O) groups excluding carboxylic acids is 3. The number of rotatable bonds is 4. The van der Waals surface area contributed by atoms with Gasteiger partial charge in [0.25, 0.3) is 5.91 Å². The minimum absolute atomic E-state index is 0.0180. The van der Waals surface area contributed by atoms with Gasteiger partial charge in [0.15, 0.2) is 6.61 Å². The number of benzene rings is 2. The summed E-state index contributed by atoms with van der Waals surface area (Å²) in [7, 11) is 1.26. The summed E-state index contributed by atoms with van der Waals surface area (Å²) in [5.74, 6) is -2.39. The molecule has 0 spiro atoms. The molecule has 3 rings (SSSR count). The molecule has 6 nitrogen and oxygen atoms in total. The quantitative estimate of drug-likeness (QED) is 0.756. The molecule has 1 heterocycles. The standard InChI is InChI=1S/C21H20FNO5/c1-13-7-8-15(9-17(13)22)20(25)28-12-19(24)23-11-16-6-4-3-5-14(16)10-18(23)21(26)27-2/h3-9,18H,10-12H2,1-2H3/t18-/m0/s1. The van der Waals surface area contributed by atoms with Crippen molar-refractivity contribution >= 4 is 17.8 Å². The first-order valence-corrected chi connectivity index (χ1v) is 8.78. The van der Waals surface area contributed by atoms with Crippen molar-refractivity contribution in [3.63, 3.8) is 0 Å². The van der Waals surface area contributed by atoms with Gasteiger partial charge in [0.05, 0.1) is 12.7 Å². The van der Waals surface area contributed by atoms with E-state index in [9.17, 15) is 18.8 Å². The van der Waals surface area contributed by atoms with Gasteiger partial charge < -0.3 is 14.4 Å². The molecule has 28 heavy (non-hydrogen) atoms. The Morgan fingerprint density at radius 2 is 1.86 bits per heavy atom. The lowest BCUT2D eigenvalue weighted by Crippen LogP contribution is -2.50. The van der Waals surface area contributed by atoms with E-state index in [0.29, 0.717) is 12.0 Å². The van der Waals surface area contributed by atoms with Gasteiger partial charge in [0, 0.05) is 13.0 Å². The van der Waals surface area contributed by atoms with E-state index in [0.717, 1.165) is 17.2 Å². The van der Waals surface area contributed by atoms with Gasteiger partial charge in [-0.05, 0) is 35.7 Å². The third-order valence-corrected chi connectivity index (χ3v) is 4.78. The van der Waals surface area contributed by atoms with Crippen LogP contribution in [0.25, 0.3) is 0 Å². The monoisotopic (exact) mass is 385 g/mol. The highest BCUT2D eigenvalue weighted by Crippen LogP contribution is 2.24. The molecule has 1 aliphatic rings. The van der Waals surface area contributed by atoms with Crippen molar-refractivity contribution in [1.29, 1.82) is 0 Å². The van der Waals surface area contributed by atoms with E-state index in [1.807, 2.05) is 24.3 Å². The fourth-order valence-corrected chi connectivity index (χ4v) is 3.15. The number of nitrogens with zero attached hydrogens (tertiary/aromatic N) is 1. The van der Waals surface area contributed by atoms with Crippen LogP contribution in [0, 0.1) is 12.7 Å². The Bertz CT molecular complexity index is 927. The summed E-state index contributed by atoms with van der Waals surface area (Å²) in [6.07, 6.45) is 0.325. The molecule has 0 saturated carbocycles. The SMILES string of the molecule is COC(=O)[C@@H]1Cc2ccccc2CN1C(=O)COC(=O)c1ccc(C)c(F)c1. The van der Waals surface area contributed by atoms with Crippen molar-refractivity contribution < 1.29 is 28.2 Å². The van der Waals surface area contributed by atoms with Crippen LogP contribution in [0.4, 0.5) is 4.39 Å². The molecule has 146 valence electrons. The number of esters is 2. The second-order valence-corrected chi connectivity index (χ2v) is 6.57. The zero-order valence-electron chi connectivity index (χ0n) is 15.6. The van der Waals surface area contributed by atoms with E-state index >= 15 is 0 Å². The van der Waals surface area contributed by atoms with Crippen LogP contribution in [0.2, 0.25) is 0 Å². The summed E-state index contributed by atoms with van der Waals surface area (Å²) in [6.45, 7) is 1.24. The molecule has 0 radical (unpaired) electrons. The molecule has 7 heteroatoms. The summed E-state index contributed by atoms with van der Waals surface area (Å²) in [4.78, 5) is 38.3. The van der Waals surface area contributed by atoms with E-state index in [-0.39, 0.29) is 12.1 Å². The molecule has 0 fully saturated rings. The van der Waals surface area contributed by atoms with E-state index in [1.54, 1.807) is 6.92 Å². The number of aryl methyl sites for hydroxylation is 1. The Hall–Kier alpha value is -3.22. The number of hydrogen-bond donors (Lipinski definition) is 0.